The van der Waals surface area contributed by atoms with E-state index in [4.69, 9.17) is 9.84 Å². The van der Waals surface area contributed by atoms with Crippen LogP contribution in [0, 0.1) is 11.6 Å². The summed E-state index contributed by atoms with van der Waals surface area (Å²) in [6.07, 6.45) is -0.836. The van der Waals surface area contributed by atoms with E-state index in [0.717, 1.165) is 18.2 Å². The number of benzene rings is 1. The smallest absolute Gasteiger partial charge is 0.322 e. The van der Waals surface area contributed by atoms with Crippen LogP contribution < -0.4 is 5.32 Å². The highest BCUT2D eigenvalue weighted by molar-refractivity contribution is 5.89. The van der Waals surface area contributed by atoms with Crippen molar-refractivity contribution in [3.63, 3.8) is 0 Å². The van der Waals surface area contributed by atoms with Crippen molar-refractivity contribution in [2.75, 3.05) is 25.0 Å². The van der Waals surface area contributed by atoms with Gasteiger partial charge in [0.05, 0.1) is 24.8 Å². The molecule has 1 atom stereocenters. The average Bonchev–Trinajstić information content (AvgIpc) is 2.42. The van der Waals surface area contributed by atoms with Crippen molar-refractivity contribution in [1.82, 2.24) is 4.90 Å². The van der Waals surface area contributed by atoms with Gasteiger partial charge in [0.25, 0.3) is 0 Å². The zero-order valence-corrected chi connectivity index (χ0v) is 11.0. The number of hydrogen-bond donors (Lipinski definition) is 2. The quantitative estimate of drug-likeness (QED) is 0.890. The fourth-order valence-corrected chi connectivity index (χ4v) is 2.01. The van der Waals surface area contributed by atoms with Crippen LogP contribution in [0.4, 0.5) is 19.3 Å². The number of urea groups is 1. The lowest BCUT2D eigenvalue weighted by atomic mass is 10.2. The number of nitrogens with zero attached hydrogens (tertiary/aromatic N) is 1. The number of carboxylic acid groups (broad SMARTS) is 1. The lowest BCUT2D eigenvalue weighted by Gasteiger charge is -2.32. The van der Waals surface area contributed by atoms with E-state index < -0.39 is 29.7 Å². The minimum atomic E-state index is -1.03. The SMILES string of the molecule is O=C(O)CC1CN(C(=O)Nc2cc(F)ccc2F)CCO1. The van der Waals surface area contributed by atoms with Gasteiger partial charge in [-0.3, -0.25) is 4.79 Å². The molecule has 2 N–H and O–H groups in total. The molecular weight excluding hydrogens is 286 g/mol. The Hall–Kier alpha value is -2.22. The number of halogens is 2. The number of rotatable bonds is 3. The first-order valence-corrected chi connectivity index (χ1v) is 6.30. The second-order valence-corrected chi connectivity index (χ2v) is 4.59. The summed E-state index contributed by atoms with van der Waals surface area (Å²) in [5, 5.41) is 11.0. The van der Waals surface area contributed by atoms with Crippen LogP contribution in [0.15, 0.2) is 18.2 Å². The number of carboxylic acids is 1. The molecule has 0 saturated carbocycles. The van der Waals surface area contributed by atoms with Crippen molar-refractivity contribution in [2.45, 2.75) is 12.5 Å². The maximum Gasteiger partial charge on any atom is 0.322 e. The molecular formula is C13H14F2N2O4. The topological polar surface area (TPSA) is 78.9 Å². The largest absolute Gasteiger partial charge is 0.481 e. The first-order valence-electron chi connectivity index (χ1n) is 6.30. The second kappa shape index (κ2) is 6.49. The fourth-order valence-electron chi connectivity index (χ4n) is 2.01. The van der Waals surface area contributed by atoms with Gasteiger partial charge in [0, 0.05) is 19.2 Å². The Labute approximate surface area is 119 Å². The lowest BCUT2D eigenvalue weighted by Crippen LogP contribution is -2.48. The molecule has 21 heavy (non-hydrogen) atoms. The van der Waals surface area contributed by atoms with Gasteiger partial charge in [0.15, 0.2) is 0 Å². The van der Waals surface area contributed by atoms with Crippen molar-refractivity contribution in [3.05, 3.63) is 29.8 Å². The molecule has 1 saturated heterocycles. The maximum absolute atomic E-state index is 13.4. The lowest BCUT2D eigenvalue weighted by molar-refractivity contribution is -0.141. The molecule has 8 heteroatoms. The fraction of sp³-hybridized carbons (Fsp3) is 0.385. The van der Waals surface area contributed by atoms with Crippen LogP contribution in [0.2, 0.25) is 0 Å². The van der Waals surface area contributed by atoms with E-state index in [-0.39, 0.29) is 31.8 Å². The molecule has 114 valence electrons. The van der Waals surface area contributed by atoms with Crippen LogP contribution >= 0.6 is 0 Å². The highest BCUT2D eigenvalue weighted by Crippen LogP contribution is 2.17. The summed E-state index contributed by atoms with van der Waals surface area (Å²) < 4.78 is 31.7. The van der Waals surface area contributed by atoms with Crippen LogP contribution in [0.25, 0.3) is 0 Å². The minimum absolute atomic E-state index is 0.0784. The number of nitrogens with one attached hydrogen (secondary N) is 1. The highest BCUT2D eigenvalue weighted by atomic mass is 19.1. The minimum Gasteiger partial charge on any atom is -0.481 e. The van der Waals surface area contributed by atoms with Crippen molar-refractivity contribution < 1.29 is 28.2 Å². The molecule has 6 nitrogen and oxygen atoms in total. The van der Waals surface area contributed by atoms with Crippen LogP contribution in [0.3, 0.4) is 0 Å². The molecule has 1 heterocycles. The number of aliphatic carboxylic acids is 1. The maximum atomic E-state index is 13.4. The molecule has 2 rings (SSSR count). The molecule has 1 fully saturated rings. The third kappa shape index (κ3) is 4.12. The number of amides is 2. The van der Waals surface area contributed by atoms with Crippen molar-refractivity contribution in [3.8, 4) is 0 Å². The van der Waals surface area contributed by atoms with E-state index in [1.165, 1.54) is 4.90 Å². The third-order valence-corrected chi connectivity index (χ3v) is 3.00. The third-order valence-electron chi connectivity index (χ3n) is 3.00. The van der Waals surface area contributed by atoms with Gasteiger partial charge in [-0.05, 0) is 12.1 Å². The van der Waals surface area contributed by atoms with Gasteiger partial charge in [0.1, 0.15) is 11.6 Å². The molecule has 1 aliphatic heterocycles. The number of carbonyl (C=O) groups excluding carboxylic acids is 1. The molecule has 0 spiro atoms. The zero-order chi connectivity index (χ0) is 15.4. The standard InChI is InChI=1S/C13H14F2N2O4/c14-8-1-2-10(15)11(5-8)16-13(20)17-3-4-21-9(7-17)6-12(18)19/h1-2,5,9H,3-4,6-7H2,(H,16,20)(H,18,19). The summed E-state index contributed by atoms with van der Waals surface area (Å²) >= 11 is 0. The number of ether oxygens (including phenoxy) is 1. The Kier molecular flexibility index (Phi) is 4.69. The number of carbonyl (C=O) groups is 2. The van der Waals surface area contributed by atoms with E-state index in [9.17, 15) is 18.4 Å². The molecule has 1 aliphatic rings. The molecule has 2 amide bonds. The van der Waals surface area contributed by atoms with Crippen LogP contribution in [-0.2, 0) is 9.53 Å². The van der Waals surface area contributed by atoms with E-state index in [1.807, 2.05) is 0 Å². The average molecular weight is 300 g/mol. The Balaban J connectivity index is 1.99. The predicted octanol–water partition coefficient (Wildman–Crippen LogP) is 1.67. The summed E-state index contributed by atoms with van der Waals surface area (Å²) in [6, 6.07) is 2.11. The van der Waals surface area contributed by atoms with Gasteiger partial charge < -0.3 is 20.1 Å². The molecule has 0 aliphatic carbocycles. The van der Waals surface area contributed by atoms with Crippen molar-refractivity contribution >= 4 is 17.7 Å². The Bertz CT molecular complexity index is 553. The van der Waals surface area contributed by atoms with E-state index in [2.05, 4.69) is 5.32 Å². The first kappa shape index (κ1) is 15.2. The second-order valence-electron chi connectivity index (χ2n) is 4.59. The highest BCUT2D eigenvalue weighted by Gasteiger charge is 2.26. The zero-order valence-electron chi connectivity index (χ0n) is 11.0. The number of morpholine rings is 1. The Morgan fingerprint density at radius 1 is 1.43 bits per heavy atom. The molecule has 1 unspecified atom stereocenters. The van der Waals surface area contributed by atoms with Crippen LogP contribution in [0.5, 0.6) is 0 Å². The van der Waals surface area contributed by atoms with Gasteiger partial charge in [-0.25, -0.2) is 13.6 Å². The van der Waals surface area contributed by atoms with Gasteiger partial charge in [-0.15, -0.1) is 0 Å². The van der Waals surface area contributed by atoms with Crippen LogP contribution in [-0.4, -0.2) is 47.8 Å². The summed E-state index contributed by atoms with van der Waals surface area (Å²) in [5.74, 6) is -2.45. The number of hydrogen-bond acceptors (Lipinski definition) is 3. The molecule has 1 aromatic carbocycles. The molecule has 0 aromatic heterocycles. The summed E-state index contributed by atoms with van der Waals surface area (Å²) in [5.41, 5.74) is -0.263. The van der Waals surface area contributed by atoms with Gasteiger partial charge in [-0.1, -0.05) is 0 Å². The van der Waals surface area contributed by atoms with Crippen LogP contribution in [0.1, 0.15) is 6.42 Å². The van der Waals surface area contributed by atoms with Gasteiger partial charge >= 0.3 is 12.0 Å². The Morgan fingerprint density at radius 3 is 2.90 bits per heavy atom. The monoisotopic (exact) mass is 300 g/mol. The molecule has 1 aromatic rings. The summed E-state index contributed by atoms with van der Waals surface area (Å²) in [7, 11) is 0. The predicted molar refractivity (Wildman–Crippen MR) is 68.9 cm³/mol. The first-order chi connectivity index (χ1) is 9.95. The van der Waals surface area contributed by atoms with E-state index in [0.29, 0.717) is 0 Å². The Morgan fingerprint density at radius 2 is 2.19 bits per heavy atom. The molecule has 0 bridgehead atoms. The van der Waals surface area contributed by atoms with E-state index in [1.54, 1.807) is 0 Å². The summed E-state index contributed by atoms with van der Waals surface area (Å²) in [6.45, 7) is 0.519. The normalized spacial score (nSPS) is 18.4. The summed E-state index contributed by atoms with van der Waals surface area (Å²) in [4.78, 5) is 23.9. The van der Waals surface area contributed by atoms with Crippen molar-refractivity contribution in [1.29, 1.82) is 0 Å². The molecule has 0 radical (unpaired) electrons. The van der Waals surface area contributed by atoms with E-state index >= 15 is 0 Å². The van der Waals surface area contributed by atoms with Crippen molar-refractivity contribution in [2.24, 2.45) is 0 Å². The number of anilines is 1. The van der Waals surface area contributed by atoms with Gasteiger partial charge in [0.2, 0.25) is 0 Å². The van der Waals surface area contributed by atoms with Gasteiger partial charge in [-0.2, -0.15) is 0 Å².